The van der Waals surface area contributed by atoms with E-state index in [1.807, 2.05) is 12.1 Å². The second-order valence-electron chi connectivity index (χ2n) is 3.14. The predicted octanol–water partition coefficient (Wildman–Crippen LogP) is 2.03. The summed E-state index contributed by atoms with van der Waals surface area (Å²) in [5.41, 5.74) is 0. The van der Waals surface area contributed by atoms with Crippen LogP contribution in [0.4, 0.5) is 0 Å². The number of ether oxygens (including phenoxy) is 1. The van der Waals surface area contributed by atoms with Crippen LogP contribution in [-0.2, 0) is 4.74 Å². The lowest BCUT2D eigenvalue weighted by molar-refractivity contribution is 0.0934. The number of thiophene rings is 1. The molecule has 1 fully saturated rings. The molecule has 0 spiro atoms. The normalized spacial score (nSPS) is 21.1. The minimum atomic E-state index is -0.00352. The number of nitrogens with one attached hydrogen (secondary N) is 1. The van der Waals surface area contributed by atoms with E-state index < -0.39 is 0 Å². The fourth-order valence-corrected chi connectivity index (χ4v) is 2.63. The minimum Gasteiger partial charge on any atom is -0.379 e. The molecule has 0 bridgehead atoms. The molecule has 0 aliphatic carbocycles. The Hall–Kier alpha value is -0.390. The molecule has 0 aromatic carbocycles. The Kier molecular flexibility index (Phi) is 3.20. The standard InChI is InChI=1S/C9H10BrNO2S/c10-8-2-1-7(14-8)9(12)11-6-3-4-13-5-6/h1-2,6H,3-5H2,(H,11,12). The fraction of sp³-hybridized carbons (Fsp3) is 0.444. The summed E-state index contributed by atoms with van der Waals surface area (Å²) in [5, 5.41) is 2.93. The first-order valence-corrected chi connectivity index (χ1v) is 6.00. The smallest absolute Gasteiger partial charge is 0.261 e. The van der Waals surface area contributed by atoms with Gasteiger partial charge < -0.3 is 10.1 Å². The van der Waals surface area contributed by atoms with Crippen molar-refractivity contribution in [2.75, 3.05) is 13.2 Å². The highest BCUT2D eigenvalue weighted by atomic mass is 79.9. The van der Waals surface area contributed by atoms with Gasteiger partial charge in [0.05, 0.1) is 21.3 Å². The lowest BCUT2D eigenvalue weighted by Gasteiger charge is -2.08. The molecule has 0 radical (unpaired) electrons. The molecule has 1 amide bonds. The number of rotatable bonds is 2. The molecular weight excluding hydrogens is 266 g/mol. The van der Waals surface area contributed by atoms with Crippen LogP contribution in [0.3, 0.4) is 0 Å². The second-order valence-corrected chi connectivity index (χ2v) is 5.60. The van der Waals surface area contributed by atoms with Crippen molar-refractivity contribution in [3.8, 4) is 0 Å². The molecule has 14 heavy (non-hydrogen) atoms. The van der Waals surface area contributed by atoms with Gasteiger partial charge in [-0.3, -0.25) is 4.79 Å². The van der Waals surface area contributed by atoms with Crippen molar-refractivity contribution in [3.05, 3.63) is 20.8 Å². The maximum Gasteiger partial charge on any atom is 0.261 e. The number of hydrogen-bond acceptors (Lipinski definition) is 3. The zero-order valence-electron chi connectivity index (χ0n) is 7.46. The summed E-state index contributed by atoms with van der Waals surface area (Å²) >= 11 is 4.77. The van der Waals surface area contributed by atoms with Gasteiger partial charge in [0.2, 0.25) is 0 Å². The van der Waals surface area contributed by atoms with Gasteiger partial charge in [0, 0.05) is 6.61 Å². The van der Waals surface area contributed by atoms with Gasteiger partial charge in [0.15, 0.2) is 0 Å². The van der Waals surface area contributed by atoms with Gasteiger partial charge in [-0.05, 0) is 34.5 Å². The lowest BCUT2D eigenvalue weighted by atomic mass is 10.2. The first-order valence-electron chi connectivity index (χ1n) is 4.39. The van der Waals surface area contributed by atoms with E-state index in [4.69, 9.17) is 4.74 Å². The molecule has 1 saturated heterocycles. The first kappa shape index (κ1) is 10.1. The maximum absolute atomic E-state index is 11.6. The fourth-order valence-electron chi connectivity index (χ4n) is 1.34. The first-order chi connectivity index (χ1) is 6.75. The predicted molar refractivity (Wildman–Crippen MR) is 58.7 cm³/mol. The van der Waals surface area contributed by atoms with Crippen molar-refractivity contribution in [1.82, 2.24) is 5.32 Å². The van der Waals surface area contributed by atoms with E-state index in [2.05, 4.69) is 21.2 Å². The highest BCUT2D eigenvalue weighted by Gasteiger charge is 2.19. The maximum atomic E-state index is 11.6. The van der Waals surface area contributed by atoms with Gasteiger partial charge in [0.25, 0.3) is 5.91 Å². The Morgan fingerprint density at radius 3 is 3.07 bits per heavy atom. The summed E-state index contributed by atoms with van der Waals surface area (Å²) in [6.07, 6.45) is 0.915. The van der Waals surface area contributed by atoms with Gasteiger partial charge in [-0.25, -0.2) is 0 Å². The van der Waals surface area contributed by atoms with Crippen LogP contribution in [0.1, 0.15) is 16.1 Å². The minimum absolute atomic E-state index is 0.00352. The van der Waals surface area contributed by atoms with Gasteiger partial charge in [-0.1, -0.05) is 0 Å². The molecule has 1 N–H and O–H groups in total. The van der Waals surface area contributed by atoms with Crippen molar-refractivity contribution in [2.45, 2.75) is 12.5 Å². The van der Waals surface area contributed by atoms with Crippen LogP contribution in [0, 0.1) is 0 Å². The largest absolute Gasteiger partial charge is 0.379 e. The number of halogens is 1. The van der Waals surface area contributed by atoms with Crippen molar-refractivity contribution in [1.29, 1.82) is 0 Å². The van der Waals surface area contributed by atoms with Crippen LogP contribution in [0.15, 0.2) is 15.9 Å². The molecule has 1 atom stereocenters. The van der Waals surface area contributed by atoms with E-state index in [1.54, 1.807) is 0 Å². The number of carbonyl (C=O) groups excluding carboxylic acids is 1. The molecule has 2 rings (SSSR count). The third-order valence-corrected chi connectivity index (χ3v) is 3.68. The molecule has 1 unspecified atom stereocenters. The molecule has 5 heteroatoms. The van der Waals surface area contributed by atoms with Crippen LogP contribution in [-0.4, -0.2) is 25.2 Å². The Morgan fingerprint density at radius 2 is 2.50 bits per heavy atom. The molecule has 1 aromatic heterocycles. The number of amides is 1. The molecular formula is C9H10BrNO2S. The quantitative estimate of drug-likeness (QED) is 0.897. The van der Waals surface area contributed by atoms with Crippen LogP contribution in [0.25, 0.3) is 0 Å². The second kappa shape index (κ2) is 4.42. The van der Waals surface area contributed by atoms with Gasteiger partial charge in [-0.15, -0.1) is 11.3 Å². The molecule has 1 aliphatic heterocycles. The summed E-state index contributed by atoms with van der Waals surface area (Å²) in [4.78, 5) is 12.4. The number of hydrogen-bond donors (Lipinski definition) is 1. The lowest BCUT2D eigenvalue weighted by Crippen LogP contribution is -2.34. The van der Waals surface area contributed by atoms with E-state index in [0.29, 0.717) is 6.61 Å². The topological polar surface area (TPSA) is 38.3 Å². The summed E-state index contributed by atoms with van der Waals surface area (Å²) in [7, 11) is 0. The molecule has 3 nitrogen and oxygen atoms in total. The van der Waals surface area contributed by atoms with E-state index in [9.17, 15) is 4.79 Å². The van der Waals surface area contributed by atoms with E-state index >= 15 is 0 Å². The summed E-state index contributed by atoms with van der Waals surface area (Å²) < 4.78 is 6.16. The molecule has 0 saturated carbocycles. The van der Waals surface area contributed by atoms with Crippen molar-refractivity contribution >= 4 is 33.2 Å². The molecule has 1 aliphatic rings. The van der Waals surface area contributed by atoms with Crippen LogP contribution in [0.2, 0.25) is 0 Å². The van der Waals surface area contributed by atoms with Gasteiger partial charge in [0.1, 0.15) is 0 Å². The van der Waals surface area contributed by atoms with E-state index in [0.717, 1.165) is 21.7 Å². The average molecular weight is 276 g/mol. The zero-order chi connectivity index (χ0) is 9.97. The highest BCUT2D eigenvalue weighted by Crippen LogP contribution is 2.22. The third-order valence-electron chi connectivity index (χ3n) is 2.06. The van der Waals surface area contributed by atoms with Crippen LogP contribution >= 0.6 is 27.3 Å². The van der Waals surface area contributed by atoms with Gasteiger partial charge in [-0.2, -0.15) is 0 Å². The van der Waals surface area contributed by atoms with E-state index in [-0.39, 0.29) is 11.9 Å². The zero-order valence-corrected chi connectivity index (χ0v) is 9.86. The Morgan fingerprint density at radius 1 is 1.64 bits per heavy atom. The van der Waals surface area contributed by atoms with E-state index in [1.165, 1.54) is 11.3 Å². The Labute approximate surface area is 94.6 Å². The van der Waals surface area contributed by atoms with Crippen molar-refractivity contribution < 1.29 is 9.53 Å². The Balaban J connectivity index is 1.95. The van der Waals surface area contributed by atoms with Gasteiger partial charge >= 0.3 is 0 Å². The monoisotopic (exact) mass is 275 g/mol. The summed E-state index contributed by atoms with van der Waals surface area (Å²) in [6, 6.07) is 3.88. The molecule has 2 heterocycles. The average Bonchev–Trinajstić information content (AvgIpc) is 2.75. The Bertz CT molecular complexity index is 333. The summed E-state index contributed by atoms with van der Waals surface area (Å²) in [5.74, 6) is -0.00352. The van der Waals surface area contributed by atoms with Crippen molar-refractivity contribution in [2.24, 2.45) is 0 Å². The van der Waals surface area contributed by atoms with Crippen LogP contribution < -0.4 is 5.32 Å². The molecule has 1 aromatic rings. The van der Waals surface area contributed by atoms with Crippen molar-refractivity contribution in [3.63, 3.8) is 0 Å². The molecule has 76 valence electrons. The van der Waals surface area contributed by atoms with Crippen LogP contribution in [0.5, 0.6) is 0 Å². The SMILES string of the molecule is O=C(NC1CCOC1)c1ccc(Br)s1. The highest BCUT2D eigenvalue weighted by molar-refractivity contribution is 9.11. The summed E-state index contributed by atoms with van der Waals surface area (Å²) in [6.45, 7) is 1.39. The third kappa shape index (κ3) is 2.34. The number of carbonyl (C=O) groups is 1.